The van der Waals surface area contributed by atoms with E-state index in [1.165, 1.54) is 20.5 Å². The molecular formula is C18H26N4O4S2. The fourth-order valence-corrected chi connectivity index (χ4v) is 7.04. The summed E-state index contributed by atoms with van der Waals surface area (Å²) < 4.78 is 27.1. The summed E-state index contributed by atoms with van der Waals surface area (Å²) in [6.07, 6.45) is 3.68. The van der Waals surface area contributed by atoms with E-state index in [9.17, 15) is 18.0 Å². The summed E-state index contributed by atoms with van der Waals surface area (Å²) in [6, 6.07) is 3.02. The number of urea groups is 1. The molecule has 3 aliphatic rings. The van der Waals surface area contributed by atoms with Crippen molar-refractivity contribution in [2.75, 3.05) is 32.8 Å². The van der Waals surface area contributed by atoms with Crippen LogP contribution in [0.15, 0.2) is 21.7 Å². The molecule has 28 heavy (non-hydrogen) atoms. The van der Waals surface area contributed by atoms with Crippen LogP contribution in [-0.4, -0.2) is 72.8 Å². The number of nitrogens with zero attached hydrogens (tertiary/aromatic N) is 3. The maximum Gasteiger partial charge on any atom is 0.326 e. The summed E-state index contributed by atoms with van der Waals surface area (Å²) in [4.78, 5) is 28.9. The van der Waals surface area contributed by atoms with Crippen LogP contribution in [0.4, 0.5) is 4.79 Å². The molecule has 1 aliphatic carbocycles. The van der Waals surface area contributed by atoms with Gasteiger partial charge in [0.2, 0.25) is 0 Å². The molecule has 154 valence electrons. The summed E-state index contributed by atoms with van der Waals surface area (Å²) in [5.74, 6) is 0.00817. The predicted molar refractivity (Wildman–Crippen MR) is 105 cm³/mol. The van der Waals surface area contributed by atoms with E-state index in [2.05, 4.69) is 5.32 Å². The Morgan fingerprint density at radius 2 is 1.96 bits per heavy atom. The topological polar surface area (TPSA) is 90.0 Å². The lowest BCUT2D eigenvalue weighted by atomic mass is 9.73. The Hall–Kier alpha value is -1.49. The first-order valence-electron chi connectivity index (χ1n) is 9.75. The van der Waals surface area contributed by atoms with Gasteiger partial charge in [-0.25, -0.2) is 18.1 Å². The molecule has 3 amide bonds. The Morgan fingerprint density at radius 1 is 1.21 bits per heavy atom. The Bertz CT molecular complexity index is 849. The van der Waals surface area contributed by atoms with Crippen molar-refractivity contribution >= 4 is 33.3 Å². The molecule has 1 N–H and O–H groups in total. The van der Waals surface area contributed by atoms with Crippen molar-refractivity contribution < 1.29 is 18.0 Å². The molecule has 0 aromatic carbocycles. The van der Waals surface area contributed by atoms with Gasteiger partial charge in [-0.3, -0.25) is 9.69 Å². The maximum absolute atomic E-state index is 13.1. The van der Waals surface area contributed by atoms with Crippen LogP contribution in [-0.2, 0) is 14.8 Å². The van der Waals surface area contributed by atoms with E-state index in [0.717, 1.165) is 19.3 Å². The van der Waals surface area contributed by atoms with E-state index < -0.39 is 15.6 Å². The lowest BCUT2D eigenvalue weighted by molar-refractivity contribution is -0.135. The first kappa shape index (κ1) is 19.8. The minimum Gasteiger partial charge on any atom is -0.323 e. The monoisotopic (exact) mass is 426 g/mol. The van der Waals surface area contributed by atoms with Crippen molar-refractivity contribution in [1.29, 1.82) is 0 Å². The van der Waals surface area contributed by atoms with Crippen LogP contribution in [0, 0.1) is 5.92 Å². The van der Waals surface area contributed by atoms with Gasteiger partial charge in [0.15, 0.2) is 0 Å². The van der Waals surface area contributed by atoms with Crippen LogP contribution in [0.2, 0.25) is 0 Å². The molecule has 1 spiro atoms. The molecule has 3 fully saturated rings. The summed E-state index contributed by atoms with van der Waals surface area (Å²) >= 11 is 1.21. The predicted octanol–water partition coefficient (Wildman–Crippen LogP) is 1.51. The number of amides is 3. The summed E-state index contributed by atoms with van der Waals surface area (Å²) in [7, 11) is -3.46. The molecule has 2 aliphatic heterocycles. The highest BCUT2D eigenvalue weighted by atomic mass is 32.2. The quantitative estimate of drug-likeness (QED) is 0.737. The van der Waals surface area contributed by atoms with Gasteiger partial charge in [0.25, 0.3) is 15.9 Å². The SMILES string of the molecule is C[C@H]1CCCC[C@]12NC(=O)N(CN1CCN(S(=O)(=O)c3cccs3)CC1)C2=O. The molecule has 0 unspecified atom stereocenters. The fraction of sp³-hybridized carbons (Fsp3) is 0.667. The standard InChI is InChI=1S/C18H26N4O4S2/c1-14-5-2-3-7-18(14)16(23)22(17(24)19-18)13-20-8-10-21(11-9-20)28(25,26)15-6-4-12-27-15/h4,6,12,14H,2-3,5,7-11,13H2,1H3,(H,19,24)/t14-,18-/m0/s1. The van der Waals surface area contributed by atoms with Gasteiger partial charge >= 0.3 is 6.03 Å². The Morgan fingerprint density at radius 3 is 2.61 bits per heavy atom. The summed E-state index contributed by atoms with van der Waals surface area (Å²) in [5, 5.41) is 4.72. The second-order valence-electron chi connectivity index (χ2n) is 7.88. The largest absolute Gasteiger partial charge is 0.326 e. The molecule has 10 heteroatoms. The van der Waals surface area contributed by atoms with Gasteiger partial charge in [-0.05, 0) is 30.2 Å². The van der Waals surface area contributed by atoms with Gasteiger partial charge in [-0.15, -0.1) is 11.3 Å². The fourth-order valence-electron chi connectivity index (χ4n) is 4.47. The highest BCUT2D eigenvalue weighted by Gasteiger charge is 2.55. The van der Waals surface area contributed by atoms with E-state index >= 15 is 0 Å². The van der Waals surface area contributed by atoms with Crippen LogP contribution in [0.1, 0.15) is 32.6 Å². The van der Waals surface area contributed by atoms with E-state index in [-0.39, 0.29) is 24.5 Å². The summed E-state index contributed by atoms with van der Waals surface area (Å²) in [5.41, 5.74) is -0.750. The number of carbonyl (C=O) groups is 2. The number of rotatable bonds is 4. The van der Waals surface area contributed by atoms with Crippen LogP contribution in [0.25, 0.3) is 0 Å². The van der Waals surface area contributed by atoms with Crippen LogP contribution < -0.4 is 5.32 Å². The smallest absolute Gasteiger partial charge is 0.323 e. The number of hydrogen-bond donors (Lipinski definition) is 1. The molecule has 3 heterocycles. The Labute approximate surface area is 169 Å². The maximum atomic E-state index is 13.1. The average Bonchev–Trinajstić information content (AvgIpc) is 3.30. The molecule has 2 atom stereocenters. The van der Waals surface area contributed by atoms with E-state index in [1.807, 2.05) is 11.8 Å². The molecule has 1 saturated carbocycles. The second-order valence-corrected chi connectivity index (χ2v) is 11.0. The lowest BCUT2D eigenvalue weighted by Crippen LogP contribution is -2.55. The van der Waals surface area contributed by atoms with E-state index in [0.29, 0.717) is 36.8 Å². The van der Waals surface area contributed by atoms with Crippen LogP contribution >= 0.6 is 11.3 Å². The zero-order valence-corrected chi connectivity index (χ0v) is 17.6. The third kappa shape index (κ3) is 3.26. The molecule has 4 rings (SSSR count). The molecule has 2 saturated heterocycles. The minimum atomic E-state index is -3.46. The van der Waals surface area contributed by atoms with E-state index in [1.54, 1.807) is 17.5 Å². The first-order valence-corrected chi connectivity index (χ1v) is 12.1. The Kier molecular flexibility index (Phi) is 5.24. The summed E-state index contributed by atoms with van der Waals surface area (Å²) in [6.45, 7) is 3.94. The van der Waals surface area contributed by atoms with Crippen molar-refractivity contribution in [3.8, 4) is 0 Å². The highest BCUT2D eigenvalue weighted by Crippen LogP contribution is 2.38. The van der Waals surface area contributed by atoms with Crippen molar-refractivity contribution in [3.63, 3.8) is 0 Å². The first-order chi connectivity index (χ1) is 13.3. The number of imide groups is 1. The van der Waals surface area contributed by atoms with Gasteiger partial charge in [0.1, 0.15) is 9.75 Å². The number of thiophene rings is 1. The third-order valence-electron chi connectivity index (χ3n) is 6.26. The third-order valence-corrected chi connectivity index (χ3v) is 9.54. The van der Waals surface area contributed by atoms with Crippen molar-refractivity contribution in [3.05, 3.63) is 17.5 Å². The Balaban J connectivity index is 1.39. The van der Waals surface area contributed by atoms with Gasteiger partial charge < -0.3 is 5.32 Å². The van der Waals surface area contributed by atoms with Gasteiger partial charge in [0, 0.05) is 26.2 Å². The number of piperazine rings is 1. The zero-order valence-electron chi connectivity index (χ0n) is 16.0. The molecular weight excluding hydrogens is 400 g/mol. The highest BCUT2D eigenvalue weighted by molar-refractivity contribution is 7.91. The molecule has 1 aromatic heterocycles. The van der Waals surface area contributed by atoms with Crippen LogP contribution in [0.5, 0.6) is 0 Å². The van der Waals surface area contributed by atoms with Crippen molar-refractivity contribution in [1.82, 2.24) is 19.4 Å². The zero-order chi connectivity index (χ0) is 19.9. The van der Waals surface area contributed by atoms with Crippen molar-refractivity contribution in [2.24, 2.45) is 5.92 Å². The van der Waals surface area contributed by atoms with Gasteiger partial charge in [-0.1, -0.05) is 25.8 Å². The molecule has 0 bridgehead atoms. The average molecular weight is 427 g/mol. The second kappa shape index (κ2) is 7.40. The number of carbonyl (C=O) groups excluding carboxylic acids is 2. The van der Waals surface area contributed by atoms with Crippen LogP contribution in [0.3, 0.4) is 0 Å². The minimum absolute atomic E-state index is 0.127. The molecule has 1 aromatic rings. The normalized spacial score (nSPS) is 30.2. The van der Waals surface area contributed by atoms with Gasteiger partial charge in [-0.2, -0.15) is 4.31 Å². The van der Waals surface area contributed by atoms with Crippen molar-refractivity contribution in [2.45, 2.75) is 42.4 Å². The van der Waals surface area contributed by atoms with Gasteiger partial charge in [0.05, 0.1) is 6.67 Å². The number of hydrogen-bond acceptors (Lipinski definition) is 6. The van der Waals surface area contributed by atoms with E-state index in [4.69, 9.17) is 0 Å². The number of nitrogens with one attached hydrogen (secondary N) is 1. The molecule has 0 radical (unpaired) electrons. The molecule has 8 nitrogen and oxygen atoms in total. The lowest BCUT2D eigenvalue weighted by Gasteiger charge is -2.38. The number of sulfonamides is 1.